The maximum Gasteiger partial charge on any atom is 0.224 e. The van der Waals surface area contributed by atoms with E-state index in [9.17, 15) is 4.39 Å². The Bertz CT molecular complexity index is 1020. The van der Waals surface area contributed by atoms with E-state index in [0.717, 1.165) is 16.9 Å². The van der Waals surface area contributed by atoms with E-state index >= 15 is 0 Å². The summed E-state index contributed by atoms with van der Waals surface area (Å²) in [5, 5.41) is 4.36. The molecule has 0 radical (unpaired) electrons. The van der Waals surface area contributed by atoms with Crippen LogP contribution in [0.2, 0.25) is 0 Å². The predicted octanol–water partition coefficient (Wildman–Crippen LogP) is 3.00. The van der Waals surface area contributed by atoms with Gasteiger partial charge in [0.15, 0.2) is 11.4 Å². The van der Waals surface area contributed by atoms with Crippen molar-refractivity contribution in [1.82, 2.24) is 19.6 Å². The molecule has 4 aromatic rings. The van der Waals surface area contributed by atoms with Gasteiger partial charge in [0.25, 0.3) is 0 Å². The molecule has 3 aromatic heterocycles. The highest BCUT2D eigenvalue weighted by atomic mass is 19.1. The van der Waals surface area contributed by atoms with Gasteiger partial charge in [-0.05, 0) is 36.8 Å². The summed E-state index contributed by atoms with van der Waals surface area (Å²) in [7, 11) is 0. The predicted molar refractivity (Wildman–Crippen MR) is 86.8 cm³/mol. The molecule has 0 fully saturated rings. The number of fused-ring (bicyclic) bond motifs is 1. The first-order valence-corrected chi connectivity index (χ1v) is 7.41. The lowest BCUT2D eigenvalue weighted by Gasteiger charge is -2.04. The van der Waals surface area contributed by atoms with Crippen molar-refractivity contribution in [3.8, 4) is 11.6 Å². The molecule has 2 N–H and O–H groups in total. The zero-order valence-corrected chi connectivity index (χ0v) is 12.9. The quantitative estimate of drug-likeness (QED) is 0.627. The highest BCUT2D eigenvalue weighted by Crippen LogP contribution is 2.23. The molecular weight excluding hydrogens is 309 g/mol. The molecule has 0 amide bonds. The number of aryl methyl sites for hydroxylation is 1. The lowest BCUT2D eigenvalue weighted by molar-refractivity contribution is 0.541. The van der Waals surface area contributed by atoms with Crippen LogP contribution in [-0.4, -0.2) is 19.6 Å². The van der Waals surface area contributed by atoms with Gasteiger partial charge in [-0.15, -0.1) is 0 Å². The van der Waals surface area contributed by atoms with Crippen LogP contribution in [0.1, 0.15) is 16.9 Å². The molecular formula is C17H14FN5O. The van der Waals surface area contributed by atoms with Gasteiger partial charge in [-0.25, -0.2) is 4.39 Å². The molecule has 120 valence electrons. The molecule has 4 rings (SSSR count). The minimum absolute atomic E-state index is 0.146. The average Bonchev–Trinajstić information content (AvgIpc) is 3.16. The van der Waals surface area contributed by atoms with Gasteiger partial charge in [-0.1, -0.05) is 12.1 Å². The van der Waals surface area contributed by atoms with E-state index in [1.165, 1.54) is 12.1 Å². The van der Waals surface area contributed by atoms with Crippen molar-refractivity contribution < 1.29 is 8.81 Å². The van der Waals surface area contributed by atoms with Crippen molar-refractivity contribution in [3.05, 3.63) is 65.3 Å². The minimum Gasteiger partial charge on any atom is -0.458 e. The molecule has 0 aliphatic rings. The van der Waals surface area contributed by atoms with Crippen molar-refractivity contribution in [2.24, 2.45) is 0 Å². The summed E-state index contributed by atoms with van der Waals surface area (Å²) in [5.74, 6) is 1.72. The molecule has 0 spiro atoms. The Balaban J connectivity index is 1.81. The molecule has 0 saturated heterocycles. The second kappa shape index (κ2) is 5.45. The monoisotopic (exact) mass is 323 g/mol. The summed E-state index contributed by atoms with van der Waals surface area (Å²) in [4.78, 5) is 8.53. The molecule has 1 aromatic carbocycles. The van der Waals surface area contributed by atoms with Crippen LogP contribution < -0.4 is 5.73 Å². The molecule has 0 bridgehead atoms. The van der Waals surface area contributed by atoms with Crippen LogP contribution in [0.25, 0.3) is 17.2 Å². The number of halogens is 1. The Labute approximate surface area is 136 Å². The van der Waals surface area contributed by atoms with E-state index in [-0.39, 0.29) is 11.8 Å². The van der Waals surface area contributed by atoms with Gasteiger partial charge >= 0.3 is 0 Å². The van der Waals surface area contributed by atoms with Gasteiger partial charge in [0.1, 0.15) is 11.6 Å². The summed E-state index contributed by atoms with van der Waals surface area (Å²) in [5.41, 5.74) is 8.30. The molecule has 0 atom stereocenters. The molecule has 0 aliphatic carbocycles. The fourth-order valence-electron chi connectivity index (χ4n) is 2.60. The van der Waals surface area contributed by atoms with Crippen LogP contribution in [0.5, 0.6) is 0 Å². The number of nitrogens with zero attached hydrogens (tertiary/aromatic N) is 4. The first kappa shape index (κ1) is 14.4. The Morgan fingerprint density at radius 1 is 1.12 bits per heavy atom. The fraction of sp³-hybridized carbons (Fsp3) is 0.118. The third-order valence-electron chi connectivity index (χ3n) is 3.73. The van der Waals surface area contributed by atoms with E-state index in [1.807, 2.05) is 19.1 Å². The maximum atomic E-state index is 13.0. The van der Waals surface area contributed by atoms with E-state index in [1.54, 1.807) is 22.8 Å². The number of nitrogens with two attached hydrogens (primary N) is 1. The third-order valence-corrected chi connectivity index (χ3v) is 3.73. The standard InChI is InChI=1S/C17H14FN5O/c1-10-2-7-14(24-10)16-22-17(19)21-15-12(9-20-23(15)16)8-11-3-5-13(18)6-4-11/h2-7,9H,8H2,1H3,(H2,19,21). The summed E-state index contributed by atoms with van der Waals surface area (Å²) in [6.07, 6.45) is 2.28. The largest absolute Gasteiger partial charge is 0.458 e. The summed E-state index contributed by atoms with van der Waals surface area (Å²) in [6.45, 7) is 1.86. The van der Waals surface area contributed by atoms with E-state index in [2.05, 4.69) is 15.1 Å². The zero-order chi connectivity index (χ0) is 16.7. The first-order chi connectivity index (χ1) is 11.6. The average molecular weight is 323 g/mol. The van der Waals surface area contributed by atoms with Crippen molar-refractivity contribution in [2.45, 2.75) is 13.3 Å². The molecule has 3 heterocycles. The van der Waals surface area contributed by atoms with Crippen LogP contribution in [0, 0.1) is 12.7 Å². The van der Waals surface area contributed by atoms with Crippen LogP contribution in [0.3, 0.4) is 0 Å². The van der Waals surface area contributed by atoms with Crippen LogP contribution >= 0.6 is 0 Å². The van der Waals surface area contributed by atoms with E-state index in [0.29, 0.717) is 23.7 Å². The smallest absolute Gasteiger partial charge is 0.224 e. The highest BCUT2D eigenvalue weighted by Gasteiger charge is 2.16. The molecule has 0 aliphatic heterocycles. The topological polar surface area (TPSA) is 82.2 Å². The van der Waals surface area contributed by atoms with E-state index < -0.39 is 0 Å². The summed E-state index contributed by atoms with van der Waals surface area (Å²) < 4.78 is 20.3. The second-order valence-corrected chi connectivity index (χ2v) is 5.52. The lowest BCUT2D eigenvalue weighted by atomic mass is 10.1. The van der Waals surface area contributed by atoms with Gasteiger partial charge < -0.3 is 10.2 Å². The number of hydrogen-bond acceptors (Lipinski definition) is 5. The number of aromatic nitrogens is 4. The Hall–Kier alpha value is -3.22. The van der Waals surface area contributed by atoms with Gasteiger partial charge in [0.2, 0.25) is 11.8 Å². The second-order valence-electron chi connectivity index (χ2n) is 5.52. The third kappa shape index (κ3) is 2.50. The minimum atomic E-state index is -0.263. The lowest BCUT2D eigenvalue weighted by Crippen LogP contribution is -2.05. The molecule has 6 nitrogen and oxygen atoms in total. The van der Waals surface area contributed by atoms with Crippen LogP contribution in [-0.2, 0) is 6.42 Å². The van der Waals surface area contributed by atoms with Gasteiger partial charge in [0, 0.05) is 12.0 Å². The molecule has 0 saturated carbocycles. The van der Waals surface area contributed by atoms with Crippen molar-refractivity contribution in [1.29, 1.82) is 0 Å². The van der Waals surface area contributed by atoms with Gasteiger partial charge in [-0.2, -0.15) is 19.6 Å². The molecule has 0 unspecified atom stereocenters. The molecule has 7 heteroatoms. The Morgan fingerprint density at radius 2 is 1.92 bits per heavy atom. The fourth-order valence-corrected chi connectivity index (χ4v) is 2.60. The normalized spacial score (nSPS) is 11.2. The van der Waals surface area contributed by atoms with Gasteiger partial charge in [0.05, 0.1) is 6.20 Å². The summed E-state index contributed by atoms with van der Waals surface area (Å²) >= 11 is 0. The zero-order valence-electron chi connectivity index (χ0n) is 12.9. The molecule has 24 heavy (non-hydrogen) atoms. The first-order valence-electron chi connectivity index (χ1n) is 7.41. The van der Waals surface area contributed by atoms with Crippen LogP contribution in [0.15, 0.2) is 47.0 Å². The van der Waals surface area contributed by atoms with Crippen molar-refractivity contribution >= 4 is 11.6 Å². The summed E-state index contributed by atoms with van der Waals surface area (Å²) in [6, 6.07) is 10.0. The number of benzene rings is 1. The number of anilines is 1. The highest BCUT2D eigenvalue weighted by molar-refractivity contribution is 5.59. The van der Waals surface area contributed by atoms with Crippen LogP contribution in [0.4, 0.5) is 10.3 Å². The van der Waals surface area contributed by atoms with E-state index in [4.69, 9.17) is 10.2 Å². The Morgan fingerprint density at radius 3 is 2.62 bits per heavy atom. The number of hydrogen-bond donors (Lipinski definition) is 1. The van der Waals surface area contributed by atoms with Crippen molar-refractivity contribution in [3.63, 3.8) is 0 Å². The number of rotatable bonds is 3. The number of nitrogen functional groups attached to an aromatic ring is 1. The Kier molecular flexibility index (Phi) is 3.26. The SMILES string of the molecule is Cc1ccc(-c2nc(N)nc3c(Cc4ccc(F)cc4)cnn23)o1. The van der Waals surface area contributed by atoms with Gasteiger partial charge in [-0.3, -0.25) is 0 Å². The number of furan rings is 1. The maximum absolute atomic E-state index is 13.0. The van der Waals surface area contributed by atoms with Crippen molar-refractivity contribution in [2.75, 3.05) is 5.73 Å².